The Labute approximate surface area is 121 Å². The Balaban J connectivity index is 1.69. The molecule has 1 saturated carbocycles. The summed E-state index contributed by atoms with van der Waals surface area (Å²) in [4.78, 5) is 12.5. The number of carbonyl (C=O) groups excluding carboxylic acids is 1. The van der Waals surface area contributed by atoms with Crippen LogP contribution in [0.15, 0.2) is 18.2 Å². The van der Waals surface area contributed by atoms with Gasteiger partial charge < -0.3 is 10.6 Å². The van der Waals surface area contributed by atoms with Crippen LogP contribution >= 0.6 is 0 Å². The molecule has 1 unspecified atom stereocenters. The summed E-state index contributed by atoms with van der Waals surface area (Å²) in [6, 6.07) is 6.56. The van der Waals surface area contributed by atoms with Gasteiger partial charge in [-0.15, -0.1) is 0 Å². The Hall–Kier alpha value is -1.35. The molecule has 1 atom stereocenters. The molecule has 2 N–H and O–H groups in total. The van der Waals surface area contributed by atoms with Crippen LogP contribution in [0.5, 0.6) is 0 Å². The topological polar surface area (TPSA) is 41.1 Å². The van der Waals surface area contributed by atoms with E-state index in [1.54, 1.807) is 0 Å². The van der Waals surface area contributed by atoms with Crippen LogP contribution in [-0.4, -0.2) is 24.4 Å². The highest BCUT2D eigenvalue weighted by molar-refractivity contribution is 6.00. The number of aryl methyl sites for hydroxylation is 1. The van der Waals surface area contributed by atoms with Crippen molar-refractivity contribution in [3.05, 3.63) is 29.3 Å². The van der Waals surface area contributed by atoms with Crippen molar-refractivity contribution in [1.29, 1.82) is 0 Å². The molecule has 0 spiro atoms. The van der Waals surface area contributed by atoms with Gasteiger partial charge in [0.05, 0.1) is 6.04 Å². The van der Waals surface area contributed by atoms with E-state index in [9.17, 15) is 4.79 Å². The van der Waals surface area contributed by atoms with Crippen molar-refractivity contribution >= 4 is 11.5 Å². The number of ketones is 1. The van der Waals surface area contributed by atoms with E-state index in [2.05, 4.69) is 22.8 Å². The lowest BCUT2D eigenvalue weighted by molar-refractivity contribution is 0.0944. The Morgan fingerprint density at radius 2 is 2.10 bits per heavy atom. The summed E-state index contributed by atoms with van der Waals surface area (Å²) in [7, 11) is 0. The van der Waals surface area contributed by atoms with Crippen LogP contribution < -0.4 is 10.6 Å². The molecule has 0 amide bonds. The second-order valence-electron chi connectivity index (χ2n) is 6.14. The van der Waals surface area contributed by atoms with E-state index in [4.69, 9.17) is 0 Å². The highest BCUT2D eigenvalue weighted by Gasteiger charge is 2.22. The maximum absolute atomic E-state index is 12.5. The standard InChI is InChI=1S/C17H24N2O/c1-12(19-15-6-2-3-7-15)17(20)14-8-9-16-13(11-14)5-4-10-18-16/h8-9,11-12,15,18-19H,2-7,10H2,1H3. The minimum absolute atomic E-state index is 0.0762. The number of rotatable bonds is 4. The number of anilines is 1. The molecule has 1 fully saturated rings. The van der Waals surface area contributed by atoms with E-state index in [1.807, 2.05) is 13.0 Å². The molecule has 20 heavy (non-hydrogen) atoms. The molecule has 3 rings (SSSR count). The van der Waals surface area contributed by atoms with Crippen LogP contribution in [0.3, 0.4) is 0 Å². The van der Waals surface area contributed by atoms with Crippen LogP contribution in [0, 0.1) is 0 Å². The third kappa shape index (κ3) is 2.88. The average Bonchev–Trinajstić information content (AvgIpc) is 2.99. The SMILES string of the molecule is CC(NC1CCCC1)C(=O)c1ccc2c(c1)CCCN2. The molecular formula is C17H24N2O. The lowest BCUT2D eigenvalue weighted by Crippen LogP contribution is -2.40. The first-order chi connectivity index (χ1) is 9.74. The Kier molecular flexibility index (Phi) is 4.06. The number of Topliss-reactive ketones (excluding diaryl/α,β-unsaturated/α-hetero) is 1. The zero-order valence-electron chi connectivity index (χ0n) is 12.2. The van der Waals surface area contributed by atoms with Crippen molar-refractivity contribution in [1.82, 2.24) is 5.32 Å². The van der Waals surface area contributed by atoms with Crippen molar-refractivity contribution in [3.8, 4) is 0 Å². The number of benzene rings is 1. The van der Waals surface area contributed by atoms with Gasteiger partial charge in [-0.3, -0.25) is 4.79 Å². The molecule has 1 aromatic carbocycles. The summed E-state index contributed by atoms with van der Waals surface area (Å²) in [5.41, 5.74) is 3.34. The average molecular weight is 272 g/mol. The lowest BCUT2D eigenvalue weighted by atomic mass is 9.97. The quantitative estimate of drug-likeness (QED) is 0.827. The fourth-order valence-electron chi connectivity index (χ4n) is 3.40. The molecule has 108 valence electrons. The molecule has 0 aromatic heterocycles. The lowest BCUT2D eigenvalue weighted by Gasteiger charge is -2.21. The first-order valence-electron chi connectivity index (χ1n) is 7.91. The predicted octanol–water partition coefficient (Wildman–Crippen LogP) is 3.15. The van der Waals surface area contributed by atoms with Gasteiger partial charge in [-0.2, -0.15) is 0 Å². The molecule has 2 aliphatic rings. The number of carbonyl (C=O) groups is 1. The van der Waals surface area contributed by atoms with Gasteiger partial charge in [0, 0.05) is 23.8 Å². The van der Waals surface area contributed by atoms with Crippen molar-refractivity contribution in [2.45, 2.75) is 57.5 Å². The van der Waals surface area contributed by atoms with Gasteiger partial charge in [-0.1, -0.05) is 12.8 Å². The van der Waals surface area contributed by atoms with E-state index in [0.717, 1.165) is 24.9 Å². The monoisotopic (exact) mass is 272 g/mol. The Morgan fingerprint density at radius 1 is 1.30 bits per heavy atom. The summed E-state index contributed by atoms with van der Waals surface area (Å²) in [5, 5.41) is 6.88. The predicted molar refractivity (Wildman–Crippen MR) is 82.4 cm³/mol. The van der Waals surface area contributed by atoms with Crippen LogP contribution in [0.4, 0.5) is 5.69 Å². The maximum atomic E-state index is 12.5. The third-order valence-corrected chi connectivity index (χ3v) is 4.56. The maximum Gasteiger partial charge on any atom is 0.179 e. The fourth-order valence-corrected chi connectivity index (χ4v) is 3.40. The smallest absolute Gasteiger partial charge is 0.179 e. The second-order valence-corrected chi connectivity index (χ2v) is 6.14. The third-order valence-electron chi connectivity index (χ3n) is 4.56. The first-order valence-corrected chi connectivity index (χ1v) is 7.91. The van der Waals surface area contributed by atoms with Crippen molar-refractivity contribution in [2.75, 3.05) is 11.9 Å². The summed E-state index contributed by atoms with van der Waals surface area (Å²) in [6.45, 7) is 3.04. The molecule has 3 heteroatoms. The van der Waals surface area contributed by atoms with E-state index in [1.165, 1.54) is 36.9 Å². The van der Waals surface area contributed by atoms with Gasteiger partial charge in [0.25, 0.3) is 0 Å². The van der Waals surface area contributed by atoms with Gasteiger partial charge >= 0.3 is 0 Å². The van der Waals surface area contributed by atoms with Crippen LogP contribution in [0.1, 0.15) is 54.9 Å². The zero-order chi connectivity index (χ0) is 13.9. The summed E-state index contributed by atoms with van der Waals surface area (Å²) >= 11 is 0. The normalized spacial score (nSPS) is 20.2. The Morgan fingerprint density at radius 3 is 2.90 bits per heavy atom. The van der Waals surface area contributed by atoms with Crippen molar-refractivity contribution in [3.63, 3.8) is 0 Å². The molecule has 1 heterocycles. The van der Waals surface area contributed by atoms with Gasteiger partial charge in [0.2, 0.25) is 0 Å². The van der Waals surface area contributed by atoms with Gasteiger partial charge in [-0.25, -0.2) is 0 Å². The molecule has 0 radical (unpaired) electrons. The van der Waals surface area contributed by atoms with Crippen LogP contribution in [-0.2, 0) is 6.42 Å². The van der Waals surface area contributed by atoms with Gasteiger partial charge in [-0.05, 0) is 56.4 Å². The highest BCUT2D eigenvalue weighted by Crippen LogP contribution is 2.24. The summed E-state index contributed by atoms with van der Waals surface area (Å²) < 4.78 is 0. The molecule has 1 aliphatic heterocycles. The molecule has 0 bridgehead atoms. The number of nitrogens with one attached hydrogen (secondary N) is 2. The Bertz CT molecular complexity index is 492. The molecule has 0 saturated heterocycles. The van der Waals surface area contributed by atoms with Gasteiger partial charge in [0.1, 0.15) is 0 Å². The van der Waals surface area contributed by atoms with Gasteiger partial charge in [0.15, 0.2) is 5.78 Å². The van der Waals surface area contributed by atoms with Crippen molar-refractivity contribution in [2.24, 2.45) is 0 Å². The highest BCUT2D eigenvalue weighted by atomic mass is 16.1. The molecule has 1 aromatic rings. The number of hydrogen-bond acceptors (Lipinski definition) is 3. The van der Waals surface area contributed by atoms with E-state index >= 15 is 0 Å². The van der Waals surface area contributed by atoms with Crippen molar-refractivity contribution < 1.29 is 4.79 Å². The fraction of sp³-hybridized carbons (Fsp3) is 0.588. The number of hydrogen-bond donors (Lipinski definition) is 2. The minimum atomic E-state index is -0.0762. The molecule has 1 aliphatic carbocycles. The minimum Gasteiger partial charge on any atom is -0.385 e. The van der Waals surface area contributed by atoms with E-state index in [-0.39, 0.29) is 11.8 Å². The second kappa shape index (κ2) is 5.96. The summed E-state index contributed by atoms with van der Waals surface area (Å²) in [6.07, 6.45) is 7.25. The first kappa shape index (κ1) is 13.6. The number of fused-ring (bicyclic) bond motifs is 1. The van der Waals surface area contributed by atoms with E-state index in [0.29, 0.717) is 6.04 Å². The largest absolute Gasteiger partial charge is 0.385 e. The van der Waals surface area contributed by atoms with Crippen LogP contribution in [0.2, 0.25) is 0 Å². The zero-order valence-corrected chi connectivity index (χ0v) is 12.2. The van der Waals surface area contributed by atoms with E-state index < -0.39 is 0 Å². The molecular weight excluding hydrogens is 248 g/mol. The molecule has 3 nitrogen and oxygen atoms in total. The van der Waals surface area contributed by atoms with Crippen LogP contribution in [0.25, 0.3) is 0 Å². The summed E-state index contributed by atoms with van der Waals surface area (Å²) in [5.74, 6) is 0.227.